The number of amides is 2. The van der Waals surface area contributed by atoms with Gasteiger partial charge in [-0.1, -0.05) is 19.1 Å². The number of hydrogen-bond acceptors (Lipinski definition) is 5. The van der Waals surface area contributed by atoms with Crippen molar-refractivity contribution in [1.29, 1.82) is 0 Å². The van der Waals surface area contributed by atoms with Gasteiger partial charge in [0, 0.05) is 30.0 Å². The minimum Gasteiger partial charge on any atom is -0.326 e. The average molecular weight is 423 g/mol. The van der Waals surface area contributed by atoms with Crippen LogP contribution < -0.4 is 16.0 Å². The van der Waals surface area contributed by atoms with Crippen LogP contribution >= 0.6 is 23.7 Å². The fourth-order valence-electron chi connectivity index (χ4n) is 3.39. The maximum Gasteiger partial charge on any atom is 0.226 e. The third-order valence-corrected chi connectivity index (χ3v) is 5.66. The molecule has 28 heavy (non-hydrogen) atoms. The molecule has 1 saturated heterocycles. The van der Waals surface area contributed by atoms with E-state index >= 15 is 0 Å². The molecule has 1 aromatic heterocycles. The van der Waals surface area contributed by atoms with Crippen LogP contribution in [0.1, 0.15) is 33.1 Å². The van der Waals surface area contributed by atoms with Gasteiger partial charge in [0.25, 0.3) is 0 Å². The standard InChI is InChI=1S/C20H26N4O2S.ClH/c1-13(16-4-3-9-21-11-16)10-19(26)24-20-23-18(12-27-20)15-5-7-17(8-6-15)22-14(2)25;/h5-8,12-13,16,21H,3-4,9-11H2,1-2H3,(H,22,25)(H,23,24,26);1H. The summed E-state index contributed by atoms with van der Waals surface area (Å²) in [6.07, 6.45) is 2.90. The van der Waals surface area contributed by atoms with E-state index in [1.165, 1.54) is 31.1 Å². The van der Waals surface area contributed by atoms with Gasteiger partial charge in [0.15, 0.2) is 5.13 Å². The van der Waals surface area contributed by atoms with Crippen LogP contribution in [-0.2, 0) is 9.59 Å². The van der Waals surface area contributed by atoms with Crippen LogP contribution in [0.15, 0.2) is 29.6 Å². The summed E-state index contributed by atoms with van der Waals surface area (Å²) in [5, 5.41) is 11.6. The van der Waals surface area contributed by atoms with E-state index in [0.717, 1.165) is 30.0 Å². The second kappa shape index (κ2) is 10.5. The van der Waals surface area contributed by atoms with Crippen LogP contribution in [0.25, 0.3) is 11.3 Å². The van der Waals surface area contributed by atoms with Gasteiger partial charge in [-0.05, 0) is 49.9 Å². The molecule has 0 radical (unpaired) electrons. The molecular weight excluding hydrogens is 396 g/mol. The van der Waals surface area contributed by atoms with E-state index in [2.05, 4.69) is 27.9 Å². The number of carbonyl (C=O) groups is 2. The van der Waals surface area contributed by atoms with Crippen LogP contribution in [-0.4, -0.2) is 29.9 Å². The van der Waals surface area contributed by atoms with Gasteiger partial charge in [0.05, 0.1) is 5.69 Å². The first-order chi connectivity index (χ1) is 13.0. The first-order valence-corrected chi connectivity index (χ1v) is 10.2. The molecule has 0 aliphatic carbocycles. The largest absolute Gasteiger partial charge is 0.326 e. The summed E-state index contributed by atoms with van der Waals surface area (Å²) in [7, 11) is 0. The van der Waals surface area contributed by atoms with Crippen LogP contribution in [0.2, 0.25) is 0 Å². The van der Waals surface area contributed by atoms with E-state index in [1.807, 2.05) is 29.6 Å². The van der Waals surface area contributed by atoms with Crippen molar-refractivity contribution < 1.29 is 9.59 Å². The third kappa shape index (κ3) is 6.29. The maximum atomic E-state index is 12.4. The van der Waals surface area contributed by atoms with Gasteiger partial charge in [0.2, 0.25) is 11.8 Å². The Hall–Kier alpha value is -1.96. The predicted molar refractivity (Wildman–Crippen MR) is 117 cm³/mol. The average Bonchev–Trinajstić information content (AvgIpc) is 3.11. The molecule has 3 N–H and O–H groups in total. The van der Waals surface area contributed by atoms with E-state index in [9.17, 15) is 9.59 Å². The Balaban J connectivity index is 0.00000280. The zero-order chi connectivity index (χ0) is 19.2. The Morgan fingerprint density at radius 2 is 2.04 bits per heavy atom. The Labute approximate surface area is 175 Å². The smallest absolute Gasteiger partial charge is 0.226 e. The molecule has 2 unspecified atom stereocenters. The summed E-state index contributed by atoms with van der Waals surface area (Å²) in [6, 6.07) is 7.50. The van der Waals surface area contributed by atoms with E-state index in [1.54, 1.807) is 0 Å². The molecule has 152 valence electrons. The molecule has 2 amide bonds. The van der Waals surface area contributed by atoms with Crippen molar-refractivity contribution in [3.05, 3.63) is 29.6 Å². The van der Waals surface area contributed by atoms with Crippen molar-refractivity contribution in [2.45, 2.75) is 33.1 Å². The van der Waals surface area contributed by atoms with Gasteiger partial charge in [-0.25, -0.2) is 4.98 Å². The topological polar surface area (TPSA) is 83.1 Å². The summed E-state index contributed by atoms with van der Waals surface area (Å²) >= 11 is 1.43. The third-order valence-electron chi connectivity index (χ3n) is 4.90. The molecule has 2 atom stereocenters. The van der Waals surface area contributed by atoms with E-state index in [0.29, 0.717) is 23.4 Å². The molecule has 8 heteroatoms. The lowest BCUT2D eigenvalue weighted by atomic mass is 9.85. The molecule has 1 fully saturated rings. The van der Waals surface area contributed by atoms with Gasteiger partial charge in [-0.15, -0.1) is 23.7 Å². The number of nitrogens with zero attached hydrogens (tertiary/aromatic N) is 1. The maximum absolute atomic E-state index is 12.4. The first kappa shape index (κ1) is 22.3. The molecule has 2 aromatic rings. The molecule has 0 bridgehead atoms. The second-order valence-corrected chi connectivity index (χ2v) is 7.99. The highest BCUT2D eigenvalue weighted by Crippen LogP contribution is 2.27. The van der Waals surface area contributed by atoms with Crippen LogP contribution in [0, 0.1) is 11.8 Å². The van der Waals surface area contributed by atoms with E-state index in [4.69, 9.17) is 0 Å². The SMILES string of the molecule is CC(=O)Nc1ccc(-c2csc(NC(=O)CC(C)C3CCCNC3)n2)cc1.Cl. The van der Waals surface area contributed by atoms with Crippen molar-refractivity contribution in [3.8, 4) is 11.3 Å². The number of aromatic nitrogens is 1. The lowest BCUT2D eigenvalue weighted by Crippen LogP contribution is -2.34. The van der Waals surface area contributed by atoms with Gasteiger partial charge in [-0.2, -0.15) is 0 Å². The highest BCUT2D eigenvalue weighted by molar-refractivity contribution is 7.14. The van der Waals surface area contributed by atoms with Crippen molar-refractivity contribution in [1.82, 2.24) is 10.3 Å². The number of hydrogen-bond donors (Lipinski definition) is 3. The van der Waals surface area contributed by atoms with E-state index in [-0.39, 0.29) is 24.2 Å². The monoisotopic (exact) mass is 422 g/mol. The minimum atomic E-state index is -0.0976. The number of halogens is 1. The fraction of sp³-hybridized carbons (Fsp3) is 0.450. The normalized spacial score (nSPS) is 17.3. The number of rotatable bonds is 6. The van der Waals surface area contributed by atoms with Gasteiger partial charge >= 0.3 is 0 Å². The van der Waals surface area contributed by atoms with Crippen LogP contribution in [0.5, 0.6) is 0 Å². The summed E-state index contributed by atoms with van der Waals surface area (Å²) in [5.74, 6) is 0.853. The van der Waals surface area contributed by atoms with Crippen LogP contribution in [0.4, 0.5) is 10.8 Å². The van der Waals surface area contributed by atoms with Crippen molar-refractivity contribution in [3.63, 3.8) is 0 Å². The number of piperidine rings is 1. The number of benzene rings is 1. The minimum absolute atomic E-state index is 0. The summed E-state index contributed by atoms with van der Waals surface area (Å²) in [6.45, 7) is 5.73. The van der Waals surface area contributed by atoms with Gasteiger partial charge in [0.1, 0.15) is 0 Å². The highest BCUT2D eigenvalue weighted by Gasteiger charge is 2.22. The molecule has 0 spiro atoms. The van der Waals surface area contributed by atoms with Crippen molar-refractivity contribution >= 4 is 46.4 Å². The predicted octanol–water partition coefficient (Wildman–Crippen LogP) is 4.15. The summed E-state index contributed by atoms with van der Waals surface area (Å²) in [5.41, 5.74) is 2.51. The molecule has 6 nitrogen and oxygen atoms in total. The van der Waals surface area contributed by atoms with Gasteiger partial charge in [-0.3, -0.25) is 9.59 Å². The lowest BCUT2D eigenvalue weighted by Gasteiger charge is -2.27. The fourth-order valence-corrected chi connectivity index (χ4v) is 4.12. The van der Waals surface area contributed by atoms with Crippen molar-refractivity contribution in [2.24, 2.45) is 11.8 Å². The van der Waals surface area contributed by atoms with Crippen LogP contribution in [0.3, 0.4) is 0 Å². The molecular formula is C20H27ClN4O2S. The van der Waals surface area contributed by atoms with Crippen molar-refractivity contribution in [2.75, 3.05) is 23.7 Å². The van der Waals surface area contributed by atoms with E-state index < -0.39 is 0 Å². The molecule has 2 heterocycles. The Morgan fingerprint density at radius 3 is 2.68 bits per heavy atom. The zero-order valence-corrected chi connectivity index (χ0v) is 17.8. The summed E-state index contributed by atoms with van der Waals surface area (Å²) < 4.78 is 0. The number of carbonyl (C=O) groups excluding carboxylic acids is 2. The number of thiazole rings is 1. The quantitative estimate of drug-likeness (QED) is 0.652. The number of anilines is 2. The number of nitrogens with one attached hydrogen (secondary N) is 3. The second-order valence-electron chi connectivity index (χ2n) is 7.13. The lowest BCUT2D eigenvalue weighted by molar-refractivity contribution is -0.117. The first-order valence-electron chi connectivity index (χ1n) is 9.35. The Morgan fingerprint density at radius 1 is 1.29 bits per heavy atom. The Bertz CT molecular complexity index is 788. The molecule has 0 saturated carbocycles. The molecule has 1 aliphatic heterocycles. The van der Waals surface area contributed by atoms with Gasteiger partial charge < -0.3 is 16.0 Å². The summed E-state index contributed by atoms with van der Waals surface area (Å²) in [4.78, 5) is 28.0. The Kier molecular flexibility index (Phi) is 8.41. The molecule has 1 aliphatic rings. The molecule has 3 rings (SSSR count). The highest BCUT2D eigenvalue weighted by atomic mass is 35.5. The molecule has 1 aromatic carbocycles. The zero-order valence-electron chi connectivity index (χ0n) is 16.2.